The van der Waals surface area contributed by atoms with Gasteiger partial charge in [0, 0.05) is 32.7 Å². The predicted molar refractivity (Wildman–Crippen MR) is 103 cm³/mol. The molecule has 5 heteroatoms. The van der Waals surface area contributed by atoms with Crippen molar-refractivity contribution < 1.29 is 4.74 Å². The van der Waals surface area contributed by atoms with E-state index >= 15 is 0 Å². The van der Waals surface area contributed by atoms with Crippen molar-refractivity contribution in [3.05, 3.63) is 60.2 Å². The Bertz CT molecular complexity index is 669. The number of benzene rings is 2. The van der Waals surface area contributed by atoms with Crippen LogP contribution in [0.25, 0.3) is 0 Å². The van der Waals surface area contributed by atoms with Crippen molar-refractivity contribution in [1.82, 2.24) is 10.2 Å². The van der Waals surface area contributed by atoms with Gasteiger partial charge in [-0.05, 0) is 29.9 Å². The first-order valence-corrected chi connectivity index (χ1v) is 8.63. The van der Waals surface area contributed by atoms with Gasteiger partial charge in [0.1, 0.15) is 5.75 Å². The molecule has 0 bridgehead atoms. The van der Waals surface area contributed by atoms with Crippen molar-refractivity contribution in [3.8, 4) is 5.75 Å². The smallest absolute Gasteiger partial charge is 0.169 e. The fourth-order valence-corrected chi connectivity index (χ4v) is 3.18. The molecule has 0 unspecified atom stereocenters. The van der Waals surface area contributed by atoms with E-state index in [9.17, 15) is 0 Å². The average molecular weight is 341 g/mol. The van der Waals surface area contributed by atoms with Gasteiger partial charge in [-0.1, -0.05) is 42.5 Å². The zero-order valence-corrected chi connectivity index (χ0v) is 14.8. The lowest BCUT2D eigenvalue weighted by Gasteiger charge is -2.37. The van der Waals surface area contributed by atoms with Crippen LogP contribution in [-0.4, -0.2) is 43.3 Å². The van der Waals surface area contributed by atoms with Crippen molar-refractivity contribution in [3.63, 3.8) is 0 Å². The summed E-state index contributed by atoms with van der Waals surface area (Å²) in [7, 11) is 1.72. The molecule has 0 amide bonds. The number of hydrogen-bond acceptors (Lipinski definition) is 3. The van der Waals surface area contributed by atoms with Gasteiger partial charge in [-0.15, -0.1) is 0 Å². The zero-order chi connectivity index (χ0) is 16.8. The van der Waals surface area contributed by atoms with Crippen LogP contribution in [-0.2, 0) is 6.54 Å². The van der Waals surface area contributed by atoms with Crippen molar-refractivity contribution in [2.75, 3.05) is 38.2 Å². The highest BCUT2D eigenvalue weighted by atomic mass is 32.1. The number of thiocarbonyl (C=S) groups is 1. The maximum atomic E-state index is 5.55. The molecule has 0 saturated carbocycles. The van der Waals surface area contributed by atoms with Crippen LogP contribution >= 0.6 is 12.2 Å². The Hall–Kier alpha value is -2.27. The fourth-order valence-electron chi connectivity index (χ4n) is 2.93. The van der Waals surface area contributed by atoms with E-state index in [0.29, 0.717) is 0 Å². The van der Waals surface area contributed by atoms with E-state index in [1.165, 1.54) is 5.56 Å². The number of piperazine rings is 1. The molecule has 0 aliphatic carbocycles. The topological polar surface area (TPSA) is 27.7 Å². The Morgan fingerprint density at radius 1 is 1.00 bits per heavy atom. The van der Waals surface area contributed by atoms with Crippen molar-refractivity contribution >= 4 is 23.0 Å². The fraction of sp³-hybridized carbons (Fsp3) is 0.316. The molecule has 2 aromatic rings. The Labute approximate surface area is 149 Å². The number of rotatable bonds is 4. The van der Waals surface area contributed by atoms with Gasteiger partial charge in [0.15, 0.2) is 5.11 Å². The zero-order valence-electron chi connectivity index (χ0n) is 13.9. The van der Waals surface area contributed by atoms with Crippen molar-refractivity contribution in [2.45, 2.75) is 6.54 Å². The van der Waals surface area contributed by atoms with Gasteiger partial charge in [0.25, 0.3) is 0 Å². The molecule has 0 spiro atoms. The molecule has 1 saturated heterocycles. The number of methoxy groups -OCH3 is 1. The first-order chi connectivity index (χ1) is 11.8. The van der Waals surface area contributed by atoms with Crippen LogP contribution in [0.1, 0.15) is 5.56 Å². The van der Waals surface area contributed by atoms with Crippen LogP contribution in [0, 0.1) is 0 Å². The van der Waals surface area contributed by atoms with E-state index in [0.717, 1.165) is 49.3 Å². The summed E-state index contributed by atoms with van der Waals surface area (Å²) in [5.74, 6) is 0.927. The van der Waals surface area contributed by atoms with Gasteiger partial charge >= 0.3 is 0 Å². The molecule has 0 atom stereocenters. The molecule has 1 aliphatic rings. The molecule has 1 heterocycles. The van der Waals surface area contributed by atoms with Gasteiger partial charge in [-0.3, -0.25) is 0 Å². The molecule has 126 valence electrons. The normalized spacial score (nSPS) is 14.4. The Kier molecular flexibility index (Phi) is 5.54. The molecule has 4 nitrogen and oxygen atoms in total. The van der Waals surface area contributed by atoms with Gasteiger partial charge in [-0.2, -0.15) is 0 Å². The number of hydrogen-bond donors (Lipinski definition) is 1. The highest BCUT2D eigenvalue weighted by Crippen LogP contribution is 2.28. The molecule has 0 aromatic heterocycles. The summed E-state index contributed by atoms with van der Waals surface area (Å²) in [6.07, 6.45) is 0. The Morgan fingerprint density at radius 3 is 2.38 bits per heavy atom. The van der Waals surface area contributed by atoms with Crippen LogP contribution in [0.5, 0.6) is 5.75 Å². The molecule has 1 fully saturated rings. The minimum Gasteiger partial charge on any atom is -0.495 e. The average Bonchev–Trinajstić information content (AvgIpc) is 2.67. The molecule has 24 heavy (non-hydrogen) atoms. The van der Waals surface area contributed by atoms with Crippen LogP contribution in [0.4, 0.5) is 5.69 Å². The van der Waals surface area contributed by atoms with Crippen LogP contribution in [0.15, 0.2) is 54.6 Å². The van der Waals surface area contributed by atoms with Crippen LogP contribution in [0.2, 0.25) is 0 Å². The van der Waals surface area contributed by atoms with Gasteiger partial charge < -0.3 is 19.9 Å². The molecular weight excluding hydrogens is 318 g/mol. The molecule has 2 aromatic carbocycles. The minimum absolute atomic E-state index is 0.770. The summed E-state index contributed by atoms with van der Waals surface area (Å²) in [5, 5.41) is 4.19. The monoisotopic (exact) mass is 341 g/mol. The molecular formula is C19H23N3OS. The van der Waals surface area contributed by atoms with Crippen LogP contribution in [0.3, 0.4) is 0 Å². The highest BCUT2D eigenvalue weighted by molar-refractivity contribution is 7.80. The second-order valence-electron chi connectivity index (χ2n) is 5.79. The molecule has 0 radical (unpaired) electrons. The summed E-state index contributed by atoms with van der Waals surface area (Å²) < 4.78 is 5.47. The molecule has 3 rings (SSSR count). The third-order valence-corrected chi connectivity index (χ3v) is 4.68. The van der Waals surface area contributed by atoms with E-state index in [-0.39, 0.29) is 0 Å². The van der Waals surface area contributed by atoms with Crippen molar-refractivity contribution in [2.24, 2.45) is 0 Å². The third kappa shape index (κ3) is 3.97. The standard InChI is InChI=1S/C19H23N3OS/c1-23-18-10-6-5-9-17(18)21-11-13-22(14-12-21)19(24)20-15-16-7-3-2-4-8-16/h2-10H,11-15H2,1H3,(H,20,24). The van der Waals surface area contributed by atoms with Gasteiger partial charge in [-0.25, -0.2) is 0 Å². The maximum Gasteiger partial charge on any atom is 0.169 e. The van der Waals surface area contributed by atoms with Gasteiger partial charge in [0.05, 0.1) is 12.8 Å². The lowest BCUT2D eigenvalue weighted by molar-refractivity contribution is 0.373. The molecule has 1 aliphatic heterocycles. The number of para-hydroxylation sites is 2. The largest absolute Gasteiger partial charge is 0.495 e. The number of anilines is 1. The summed E-state index contributed by atoms with van der Waals surface area (Å²) >= 11 is 5.55. The number of ether oxygens (including phenoxy) is 1. The molecule has 1 N–H and O–H groups in total. The summed E-state index contributed by atoms with van der Waals surface area (Å²) in [6, 6.07) is 18.5. The van der Waals surface area contributed by atoms with E-state index in [1.54, 1.807) is 7.11 Å². The Balaban J connectivity index is 1.52. The van der Waals surface area contributed by atoms with E-state index < -0.39 is 0 Å². The third-order valence-electron chi connectivity index (χ3n) is 4.28. The lowest BCUT2D eigenvalue weighted by atomic mass is 10.2. The summed E-state index contributed by atoms with van der Waals surface area (Å²) in [4.78, 5) is 4.60. The first kappa shape index (κ1) is 16.6. The lowest BCUT2D eigenvalue weighted by Crippen LogP contribution is -2.51. The number of nitrogens with zero attached hydrogens (tertiary/aromatic N) is 2. The van der Waals surface area contributed by atoms with Gasteiger partial charge in [0.2, 0.25) is 0 Å². The van der Waals surface area contributed by atoms with Crippen LogP contribution < -0.4 is 15.0 Å². The van der Waals surface area contributed by atoms with E-state index in [4.69, 9.17) is 17.0 Å². The first-order valence-electron chi connectivity index (χ1n) is 8.22. The summed E-state index contributed by atoms with van der Waals surface area (Å²) in [5.41, 5.74) is 2.40. The predicted octanol–water partition coefficient (Wildman–Crippen LogP) is 2.89. The number of nitrogens with one attached hydrogen (secondary N) is 1. The maximum absolute atomic E-state index is 5.55. The highest BCUT2D eigenvalue weighted by Gasteiger charge is 2.20. The minimum atomic E-state index is 0.770. The second kappa shape index (κ2) is 8.02. The Morgan fingerprint density at radius 2 is 1.67 bits per heavy atom. The quantitative estimate of drug-likeness (QED) is 0.863. The van der Waals surface area contributed by atoms with Crippen molar-refractivity contribution in [1.29, 1.82) is 0 Å². The van der Waals surface area contributed by atoms with E-state index in [2.05, 4.69) is 39.4 Å². The second-order valence-corrected chi connectivity index (χ2v) is 6.18. The SMILES string of the molecule is COc1ccccc1N1CCN(C(=S)NCc2ccccc2)CC1. The summed E-state index contributed by atoms with van der Waals surface area (Å²) in [6.45, 7) is 4.48. The van der Waals surface area contributed by atoms with E-state index in [1.807, 2.05) is 30.3 Å².